The van der Waals surface area contributed by atoms with Gasteiger partial charge in [0.2, 0.25) is 0 Å². The minimum absolute atomic E-state index is 0.244. The maximum absolute atomic E-state index is 5.49. The zero-order valence-electron chi connectivity index (χ0n) is 8.53. The van der Waals surface area contributed by atoms with Crippen molar-refractivity contribution in [3.8, 4) is 0 Å². The van der Waals surface area contributed by atoms with E-state index in [1.165, 1.54) is 5.56 Å². The molecule has 0 aliphatic heterocycles. The van der Waals surface area contributed by atoms with E-state index in [0.717, 1.165) is 6.54 Å². The Morgan fingerprint density at radius 3 is 2.38 bits per heavy atom. The fraction of sp³-hybridized carbons (Fsp3) is 0.455. The molecule has 0 unspecified atom stereocenters. The molecule has 0 saturated heterocycles. The summed E-state index contributed by atoms with van der Waals surface area (Å²) >= 11 is 0. The molecule has 0 amide bonds. The van der Waals surface area contributed by atoms with Gasteiger partial charge < -0.3 is 0 Å². The Morgan fingerprint density at radius 2 is 1.85 bits per heavy atom. The Bertz CT molecular complexity index is 233. The number of benzene rings is 1. The van der Waals surface area contributed by atoms with Gasteiger partial charge in [-0.05, 0) is 19.4 Å². The van der Waals surface area contributed by atoms with Gasteiger partial charge in [0.1, 0.15) is 0 Å². The Hall–Kier alpha value is -0.860. The number of hydrogen-bond donors (Lipinski definition) is 0. The predicted octanol–water partition coefficient (Wildman–Crippen LogP) is 2.46. The summed E-state index contributed by atoms with van der Waals surface area (Å²) in [5.41, 5.74) is 1.27. The molecular weight excluding hydrogens is 162 g/mol. The Balaban J connectivity index is 2.41. The molecule has 1 aromatic carbocycles. The molecule has 0 heterocycles. The zero-order chi connectivity index (χ0) is 9.68. The minimum atomic E-state index is 0.244. The number of nitrogens with zero attached hydrogens (tertiary/aromatic N) is 1. The lowest BCUT2D eigenvalue weighted by Gasteiger charge is -2.19. The molecule has 0 atom stereocenters. The fourth-order valence-electron chi connectivity index (χ4n) is 1.24. The van der Waals surface area contributed by atoms with Gasteiger partial charge in [-0.1, -0.05) is 30.3 Å². The molecule has 2 heteroatoms. The second-order valence-electron chi connectivity index (χ2n) is 3.43. The van der Waals surface area contributed by atoms with Crippen LogP contribution in [0.4, 0.5) is 0 Å². The first-order valence-corrected chi connectivity index (χ1v) is 4.60. The van der Waals surface area contributed by atoms with E-state index in [4.69, 9.17) is 4.84 Å². The predicted molar refractivity (Wildman–Crippen MR) is 54.1 cm³/mol. The summed E-state index contributed by atoms with van der Waals surface area (Å²) in [6.45, 7) is 4.89. The summed E-state index contributed by atoms with van der Waals surface area (Å²) in [6.07, 6.45) is 0.244. The second kappa shape index (κ2) is 5.00. The van der Waals surface area contributed by atoms with E-state index in [1.54, 1.807) is 0 Å². The molecular formula is C11H17NO. The van der Waals surface area contributed by atoms with Crippen LogP contribution < -0.4 is 0 Å². The molecule has 0 radical (unpaired) electrons. The summed E-state index contributed by atoms with van der Waals surface area (Å²) in [5, 5.41) is 1.86. The van der Waals surface area contributed by atoms with Crippen LogP contribution >= 0.6 is 0 Å². The lowest BCUT2D eigenvalue weighted by Crippen LogP contribution is -2.22. The fourth-order valence-corrected chi connectivity index (χ4v) is 1.24. The molecule has 72 valence electrons. The first kappa shape index (κ1) is 10.2. The topological polar surface area (TPSA) is 12.5 Å². The van der Waals surface area contributed by atoms with Gasteiger partial charge >= 0.3 is 0 Å². The number of hydroxylamine groups is 2. The van der Waals surface area contributed by atoms with Crippen LogP contribution in [0.25, 0.3) is 0 Å². The van der Waals surface area contributed by atoms with Crippen molar-refractivity contribution >= 4 is 0 Å². The molecule has 1 aromatic rings. The summed E-state index contributed by atoms with van der Waals surface area (Å²) in [6, 6.07) is 10.3. The standard InChI is InChI=1S/C11H17NO/c1-10(2)13-12(3)9-11-7-5-4-6-8-11/h4-8,10H,9H2,1-3H3. The molecule has 0 saturated carbocycles. The van der Waals surface area contributed by atoms with E-state index in [2.05, 4.69) is 12.1 Å². The molecule has 0 aliphatic carbocycles. The lowest BCUT2D eigenvalue weighted by atomic mass is 10.2. The van der Waals surface area contributed by atoms with Gasteiger partial charge in [0.05, 0.1) is 6.10 Å². The third-order valence-electron chi connectivity index (χ3n) is 1.64. The molecule has 2 nitrogen and oxygen atoms in total. The third kappa shape index (κ3) is 4.06. The summed E-state index contributed by atoms with van der Waals surface area (Å²) < 4.78 is 0. The quantitative estimate of drug-likeness (QED) is 0.658. The van der Waals surface area contributed by atoms with Crippen LogP contribution in [0.5, 0.6) is 0 Å². The lowest BCUT2D eigenvalue weighted by molar-refractivity contribution is -0.176. The summed E-state index contributed by atoms with van der Waals surface area (Å²) in [7, 11) is 1.95. The van der Waals surface area contributed by atoms with Crippen molar-refractivity contribution in [2.24, 2.45) is 0 Å². The van der Waals surface area contributed by atoms with Gasteiger partial charge in [-0.25, -0.2) is 0 Å². The highest BCUT2D eigenvalue weighted by Gasteiger charge is 2.01. The van der Waals surface area contributed by atoms with Crippen molar-refractivity contribution in [2.75, 3.05) is 7.05 Å². The maximum atomic E-state index is 5.49. The molecule has 0 spiro atoms. The van der Waals surface area contributed by atoms with Crippen molar-refractivity contribution in [1.82, 2.24) is 5.06 Å². The molecule has 0 aliphatic rings. The molecule has 0 bridgehead atoms. The summed E-state index contributed by atoms with van der Waals surface area (Å²) in [4.78, 5) is 5.49. The van der Waals surface area contributed by atoms with Crippen LogP contribution in [-0.2, 0) is 11.4 Å². The van der Waals surface area contributed by atoms with Crippen LogP contribution in [0.15, 0.2) is 30.3 Å². The number of hydrogen-bond acceptors (Lipinski definition) is 2. The van der Waals surface area contributed by atoms with Crippen LogP contribution in [0.3, 0.4) is 0 Å². The zero-order valence-corrected chi connectivity index (χ0v) is 8.53. The van der Waals surface area contributed by atoms with Crippen molar-refractivity contribution < 1.29 is 4.84 Å². The van der Waals surface area contributed by atoms with Gasteiger partial charge in [-0.2, -0.15) is 5.06 Å². The van der Waals surface area contributed by atoms with Gasteiger partial charge in [-0.15, -0.1) is 0 Å². The van der Waals surface area contributed by atoms with E-state index < -0.39 is 0 Å². The van der Waals surface area contributed by atoms with E-state index >= 15 is 0 Å². The Kier molecular flexibility index (Phi) is 3.93. The third-order valence-corrected chi connectivity index (χ3v) is 1.64. The molecule has 0 aromatic heterocycles. The highest BCUT2D eigenvalue weighted by molar-refractivity contribution is 5.13. The Labute approximate surface area is 80.1 Å². The van der Waals surface area contributed by atoms with Crippen molar-refractivity contribution in [1.29, 1.82) is 0 Å². The SMILES string of the molecule is CC(C)ON(C)Cc1ccccc1. The monoisotopic (exact) mass is 179 g/mol. The molecule has 0 fully saturated rings. The maximum Gasteiger partial charge on any atom is 0.0737 e. The van der Waals surface area contributed by atoms with Crippen molar-refractivity contribution in [3.63, 3.8) is 0 Å². The van der Waals surface area contributed by atoms with Crippen LogP contribution in [0.2, 0.25) is 0 Å². The first-order chi connectivity index (χ1) is 6.18. The van der Waals surface area contributed by atoms with E-state index in [1.807, 2.05) is 44.2 Å². The minimum Gasteiger partial charge on any atom is -0.296 e. The largest absolute Gasteiger partial charge is 0.296 e. The van der Waals surface area contributed by atoms with Crippen molar-refractivity contribution in [3.05, 3.63) is 35.9 Å². The molecule has 0 N–H and O–H groups in total. The van der Waals surface area contributed by atoms with E-state index in [-0.39, 0.29) is 6.10 Å². The smallest absolute Gasteiger partial charge is 0.0737 e. The van der Waals surface area contributed by atoms with Crippen LogP contribution in [0.1, 0.15) is 19.4 Å². The molecule has 1 rings (SSSR count). The first-order valence-electron chi connectivity index (χ1n) is 4.60. The van der Waals surface area contributed by atoms with Crippen LogP contribution in [0, 0.1) is 0 Å². The highest BCUT2D eigenvalue weighted by Crippen LogP contribution is 2.04. The average molecular weight is 179 g/mol. The van der Waals surface area contributed by atoms with Crippen molar-refractivity contribution in [2.45, 2.75) is 26.5 Å². The molecule has 13 heavy (non-hydrogen) atoms. The normalized spacial score (nSPS) is 11.2. The number of rotatable bonds is 4. The van der Waals surface area contributed by atoms with Gasteiger partial charge in [-0.3, -0.25) is 4.84 Å². The second-order valence-corrected chi connectivity index (χ2v) is 3.43. The average Bonchev–Trinajstić information content (AvgIpc) is 2.04. The van der Waals surface area contributed by atoms with Gasteiger partial charge in [0.25, 0.3) is 0 Å². The van der Waals surface area contributed by atoms with Crippen LogP contribution in [-0.4, -0.2) is 18.2 Å². The van der Waals surface area contributed by atoms with E-state index in [9.17, 15) is 0 Å². The van der Waals surface area contributed by atoms with Gasteiger partial charge in [0.15, 0.2) is 0 Å². The summed E-state index contributed by atoms with van der Waals surface area (Å²) in [5.74, 6) is 0. The van der Waals surface area contributed by atoms with Gasteiger partial charge in [0, 0.05) is 13.6 Å². The highest BCUT2D eigenvalue weighted by atomic mass is 16.7. The van der Waals surface area contributed by atoms with E-state index in [0.29, 0.717) is 0 Å². The Morgan fingerprint density at radius 1 is 1.23 bits per heavy atom.